The van der Waals surface area contributed by atoms with Crippen molar-refractivity contribution in [3.63, 3.8) is 0 Å². The Hall–Kier alpha value is -0.443. The van der Waals surface area contributed by atoms with Crippen LogP contribution in [0.1, 0.15) is 0 Å². The molecule has 0 radical (unpaired) electrons. The van der Waals surface area contributed by atoms with E-state index in [0.717, 1.165) is 0 Å². The molecule has 0 saturated heterocycles. The zero-order chi connectivity index (χ0) is 15.0. The Labute approximate surface area is 126 Å². The molecule has 0 aliphatic rings. The van der Waals surface area contributed by atoms with E-state index in [1.807, 2.05) is 0 Å². The third-order valence-corrected chi connectivity index (χ3v) is 1.38. The van der Waals surface area contributed by atoms with E-state index in [-0.39, 0.29) is 18.9 Å². The van der Waals surface area contributed by atoms with Gasteiger partial charge in [-0.3, -0.25) is 4.90 Å². The van der Waals surface area contributed by atoms with Gasteiger partial charge in [-0.15, -0.1) is 0 Å². The summed E-state index contributed by atoms with van der Waals surface area (Å²) in [7, 11) is 0. The van der Waals surface area contributed by atoms with Gasteiger partial charge in [0.25, 0.3) is 23.2 Å². The van der Waals surface area contributed by atoms with Crippen LogP contribution in [0.2, 0.25) is 0 Å². The van der Waals surface area contributed by atoms with E-state index in [9.17, 15) is 26.3 Å². The first-order chi connectivity index (χ1) is 8.02. The average molecular weight is 326 g/mol. The minimum atomic E-state index is -3.75. The molecule has 0 aliphatic heterocycles. The SMILES string of the molecule is NC(O)=S.OC(=S)N(C(F)C(F)F)C(F)C(F)F.[LiH]. The second-order valence-electron chi connectivity index (χ2n) is 2.44. The molecule has 110 valence electrons. The number of hydrogen-bond donors (Lipinski definition) is 3. The number of nitrogens with zero attached hydrogens (tertiary/aromatic N) is 1. The van der Waals surface area contributed by atoms with Crippen LogP contribution >= 0.6 is 24.4 Å². The molecule has 19 heavy (non-hydrogen) atoms. The Bertz CT molecular complexity index is 270. The Morgan fingerprint density at radius 3 is 1.21 bits per heavy atom. The molecule has 13 heteroatoms. The monoisotopic (exact) mass is 326 g/mol. The first-order valence-electron chi connectivity index (χ1n) is 3.86. The van der Waals surface area contributed by atoms with Gasteiger partial charge in [-0.2, -0.15) is 0 Å². The number of thiocarbonyl (C=S) groups is 2. The number of hydrogen-bond acceptors (Lipinski definition) is 2. The predicted molar refractivity (Wildman–Crippen MR) is 65.4 cm³/mol. The molecule has 0 fully saturated rings. The molecule has 4 nitrogen and oxygen atoms in total. The molecule has 0 spiro atoms. The Morgan fingerprint density at radius 2 is 1.11 bits per heavy atom. The van der Waals surface area contributed by atoms with Gasteiger partial charge in [0.05, 0.1) is 0 Å². The third-order valence-electron chi connectivity index (χ3n) is 1.17. The minimum absolute atomic E-state index is 0. The maximum atomic E-state index is 12.4. The number of aliphatic hydroxyl groups excluding tert-OH is 2. The van der Waals surface area contributed by atoms with Crippen LogP contribution in [0, 0.1) is 0 Å². The predicted octanol–water partition coefficient (Wildman–Crippen LogP) is 1.39. The van der Waals surface area contributed by atoms with Crippen LogP contribution in [-0.4, -0.2) is 69.8 Å². The number of aliphatic hydroxyl groups is 2. The molecule has 4 N–H and O–H groups in total. The fourth-order valence-electron chi connectivity index (χ4n) is 0.590. The van der Waals surface area contributed by atoms with Gasteiger partial charge in [0.1, 0.15) is 0 Å². The van der Waals surface area contributed by atoms with Gasteiger partial charge in [0.2, 0.25) is 12.6 Å². The Balaban J connectivity index is -0.000000448. The van der Waals surface area contributed by atoms with Crippen LogP contribution in [0.15, 0.2) is 0 Å². The summed E-state index contributed by atoms with van der Waals surface area (Å²) in [5.41, 5.74) is 4.40. The fraction of sp³-hybridized carbons (Fsp3) is 0.667. The van der Waals surface area contributed by atoms with Gasteiger partial charge in [0.15, 0.2) is 0 Å². The number of rotatable bonds is 4. The summed E-state index contributed by atoms with van der Waals surface area (Å²) in [6.45, 7) is 0. The summed E-state index contributed by atoms with van der Waals surface area (Å²) in [5, 5.41) is 13.7. The quantitative estimate of drug-likeness (QED) is 0.314. The van der Waals surface area contributed by atoms with Gasteiger partial charge in [0, 0.05) is 0 Å². The van der Waals surface area contributed by atoms with Gasteiger partial charge in [-0.1, -0.05) is 0 Å². The van der Waals surface area contributed by atoms with Crippen LogP contribution in [-0.2, 0) is 0 Å². The van der Waals surface area contributed by atoms with Crippen molar-refractivity contribution in [1.29, 1.82) is 0 Å². The molecular formula is C6H9F6LiN2O2S2. The van der Waals surface area contributed by atoms with Crippen LogP contribution in [0.3, 0.4) is 0 Å². The summed E-state index contributed by atoms with van der Waals surface area (Å²) in [4.78, 5) is -0.898. The van der Waals surface area contributed by atoms with E-state index in [1.54, 1.807) is 0 Å². The molecule has 0 heterocycles. The zero-order valence-electron chi connectivity index (χ0n) is 8.31. The molecule has 0 bridgehead atoms. The van der Waals surface area contributed by atoms with Crippen molar-refractivity contribution < 1.29 is 36.6 Å². The van der Waals surface area contributed by atoms with Crippen LogP contribution in [0.4, 0.5) is 26.3 Å². The van der Waals surface area contributed by atoms with Crippen molar-refractivity contribution in [2.24, 2.45) is 5.73 Å². The molecular weight excluding hydrogens is 317 g/mol. The second-order valence-corrected chi connectivity index (χ2v) is 3.23. The van der Waals surface area contributed by atoms with E-state index in [1.165, 1.54) is 0 Å². The third kappa shape index (κ3) is 11.1. The summed E-state index contributed by atoms with van der Waals surface area (Å²) in [6, 6.07) is 0. The molecule has 0 aliphatic carbocycles. The maximum absolute atomic E-state index is 12.4. The normalized spacial score (nSPS) is 12.8. The van der Waals surface area contributed by atoms with Crippen LogP contribution in [0.5, 0.6) is 0 Å². The Morgan fingerprint density at radius 1 is 0.895 bits per heavy atom. The second kappa shape index (κ2) is 11.4. The summed E-state index contributed by atoms with van der Waals surface area (Å²) >= 11 is 7.61. The van der Waals surface area contributed by atoms with E-state index >= 15 is 0 Å². The van der Waals surface area contributed by atoms with Gasteiger partial charge < -0.3 is 15.9 Å². The average Bonchev–Trinajstić information content (AvgIpc) is 2.15. The number of nitrogens with two attached hydrogens (primary N) is 1. The van der Waals surface area contributed by atoms with Gasteiger partial charge in [-0.05, 0) is 24.4 Å². The molecule has 0 rings (SSSR count). The van der Waals surface area contributed by atoms with Crippen molar-refractivity contribution in [1.82, 2.24) is 4.90 Å². The molecule has 0 aromatic rings. The van der Waals surface area contributed by atoms with Crippen molar-refractivity contribution in [2.75, 3.05) is 0 Å². The number of halogens is 6. The first kappa shape index (κ1) is 23.6. The van der Waals surface area contributed by atoms with Gasteiger partial charge >= 0.3 is 18.9 Å². The van der Waals surface area contributed by atoms with E-state index in [0.29, 0.717) is 0 Å². The Kier molecular flexibility index (Phi) is 14.2. The van der Waals surface area contributed by atoms with Crippen molar-refractivity contribution in [3.8, 4) is 0 Å². The van der Waals surface area contributed by atoms with Crippen molar-refractivity contribution in [3.05, 3.63) is 0 Å². The molecule has 2 atom stereocenters. The van der Waals surface area contributed by atoms with Gasteiger partial charge in [-0.25, -0.2) is 26.3 Å². The first-order valence-corrected chi connectivity index (χ1v) is 4.68. The topological polar surface area (TPSA) is 69.7 Å². The van der Waals surface area contributed by atoms with E-state index in [2.05, 4.69) is 30.2 Å². The summed E-state index contributed by atoms with van der Waals surface area (Å²) in [6.07, 6.45) is -14.3. The van der Waals surface area contributed by atoms with Crippen LogP contribution in [0.25, 0.3) is 0 Å². The van der Waals surface area contributed by atoms with Crippen LogP contribution < -0.4 is 5.73 Å². The molecule has 0 aromatic heterocycles. The fourth-order valence-corrected chi connectivity index (χ4v) is 0.791. The standard InChI is InChI=1S/C5H5F6NOS.CH3NOS.Li.H/c6-1(7)3(10)12(5(13)14)4(11)2(8)9;2-1(3)4;;/h1-4H,(H,13,14);(H3,2,3,4);;. The molecule has 0 saturated carbocycles. The van der Waals surface area contributed by atoms with Crippen molar-refractivity contribution >= 4 is 53.6 Å². The number of alkyl halides is 6. The zero-order valence-corrected chi connectivity index (χ0v) is 9.95. The van der Waals surface area contributed by atoms with E-state index in [4.69, 9.17) is 10.2 Å². The molecule has 0 aromatic carbocycles. The summed E-state index contributed by atoms with van der Waals surface area (Å²) < 4.78 is 71.5. The summed E-state index contributed by atoms with van der Waals surface area (Å²) in [5.74, 6) is 0. The molecule has 2 unspecified atom stereocenters. The molecule has 0 amide bonds. The van der Waals surface area contributed by atoms with E-state index < -0.39 is 40.7 Å². The van der Waals surface area contributed by atoms with Crippen molar-refractivity contribution in [2.45, 2.75) is 25.4 Å².